The molecule has 0 bridgehead atoms. The number of alkyl halides is 1. The van der Waals surface area contributed by atoms with Gasteiger partial charge in [0.1, 0.15) is 25.1 Å². The number of hydrogen-bond donors (Lipinski definition) is 1. The molecule has 2 aromatic rings. The predicted octanol–water partition coefficient (Wildman–Crippen LogP) is 5.54. The van der Waals surface area contributed by atoms with Gasteiger partial charge in [-0.1, -0.05) is 19.4 Å². The summed E-state index contributed by atoms with van der Waals surface area (Å²) >= 11 is 0. The van der Waals surface area contributed by atoms with E-state index in [1.807, 2.05) is 42.5 Å². The van der Waals surface area contributed by atoms with E-state index in [0.717, 1.165) is 48.5 Å². The second-order valence-electron chi connectivity index (χ2n) is 10.8. The van der Waals surface area contributed by atoms with Crippen LogP contribution < -0.4 is 19.5 Å². The highest BCUT2D eigenvalue weighted by Gasteiger charge is 2.23. The van der Waals surface area contributed by atoms with Gasteiger partial charge in [-0.2, -0.15) is 0 Å². The van der Waals surface area contributed by atoms with Crippen molar-refractivity contribution in [3.05, 3.63) is 53.6 Å². The van der Waals surface area contributed by atoms with Crippen molar-refractivity contribution in [2.24, 2.45) is 0 Å². The molecule has 0 radical (unpaired) electrons. The Morgan fingerprint density at radius 1 is 1.00 bits per heavy atom. The van der Waals surface area contributed by atoms with Crippen molar-refractivity contribution in [1.82, 2.24) is 10.2 Å². The van der Waals surface area contributed by atoms with Crippen LogP contribution in [0.25, 0.3) is 0 Å². The molecule has 7 nitrogen and oxygen atoms in total. The fourth-order valence-electron chi connectivity index (χ4n) is 5.21. The van der Waals surface area contributed by atoms with E-state index in [9.17, 15) is 14.0 Å². The molecule has 0 unspecified atom stereocenters. The molecule has 2 aliphatic heterocycles. The number of Topliss-reactive ketones (excluding diaryl/α,β-unsaturated/α-hetero) is 1. The topological polar surface area (TPSA) is 77.1 Å². The van der Waals surface area contributed by atoms with Gasteiger partial charge >= 0.3 is 0 Å². The summed E-state index contributed by atoms with van der Waals surface area (Å²) in [4.78, 5) is 27.6. The van der Waals surface area contributed by atoms with Crippen molar-refractivity contribution in [3.63, 3.8) is 0 Å². The van der Waals surface area contributed by atoms with Gasteiger partial charge in [0.25, 0.3) is 0 Å². The zero-order valence-electron chi connectivity index (χ0n) is 23.7. The second-order valence-corrected chi connectivity index (χ2v) is 10.8. The molecule has 0 saturated carbocycles. The summed E-state index contributed by atoms with van der Waals surface area (Å²) in [5.74, 6) is 2.39. The molecule has 0 aromatic heterocycles. The van der Waals surface area contributed by atoms with Gasteiger partial charge in [0, 0.05) is 44.1 Å². The van der Waals surface area contributed by atoms with Crippen LogP contribution in [-0.4, -0.2) is 68.3 Å². The first-order valence-electron chi connectivity index (χ1n) is 14.8. The number of nitrogens with one attached hydrogen (secondary N) is 1. The van der Waals surface area contributed by atoms with E-state index in [1.54, 1.807) is 0 Å². The maximum atomic E-state index is 13.7. The van der Waals surface area contributed by atoms with Gasteiger partial charge in [-0.15, -0.1) is 0 Å². The molecule has 40 heavy (non-hydrogen) atoms. The molecule has 1 atom stereocenters. The Kier molecular flexibility index (Phi) is 11.6. The molecule has 2 heterocycles. The molecule has 1 saturated heterocycles. The first-order chi connectivity index (χ1) is 19.5. The van der Waals surface area contributed by atoms with Gasteiger partial charge in [0.05, 0.1) is 6.61 Å². The minimum atomic E-state index is -0.729. The predicted molar refractivity (Wildman–Crippen MR) is 153 cm³/mol. The minimum absolute atomic E-state index is 0.0110. The van der Waals surface area contributed by atoms with Crippen molar-refractivity contribution in [2.45, 2.75) is 76.9 Å². The highest BCUT2D eigenvalue weighted by molar-refractivity contribution is 5.96. The number of unbranched alkanes of at least 4 members (excludes halogenated alkanes) is 2. The molecule has 1 N–H and O–H groups in total. The first-order valence-corrected chi connectivity index (χ1v) is 14.8. The number of benzene rings is 2. The van der Waals surface area contributed by atoms with Crippen molar-refractivity contribution in [2.75, 3.05) is 39.5 Å². The summed E-state index contributed by atoms with van der Waals surface area (Å²) in [5, 5.41) is 3.22. The SMILES string of the molecule is CCCOc1ccc(C(=O)CCCCCC(=O)N[C@@H](Cc2ccc3c(c2)OCCO3)CN2CCC(F)CC2)cc1. The molecule has 4 rings (SSSR count). The number of fused-ring (bicyclic) bond motifs is 1. The van der Waals surface area contributed by atoms with Crippen LogP contribution in [-0.2, 0) is 11.2 Å². The third kappa shape index (κ3) is 9.51. The summed E-state index contributed by atoms with van der Waals surface area (Å²) in [6.07, 6.45) is 5.14. The molecule has 0 spiro atoms. The lowest BCUT2D eigenvalue weighted by Crippen LogP contribution is -2.47. The number of nitrogens with zero attached hydrogens (tertiary/aromatic N) is 1. The number of amides is 1. The number of ketones is 1. The molecule has 1 amide bonds. The lowest BCUT2D eigenvalue weighted by atomic mass is 10.0. The van der Waals surface area contributed by atoms with Gasteiger partial charge in [-0.05, 0) is 80.5 Å². The number of likely N-dealkylation sites (tertiary alicyclic amines) is 1. The van der Waals surface area contributed by atoms with Crippen LogP contribution in [0.1, 0.15) is 74.2 Å². The van der Waals surface area contributed by atoms with Crippen LogP contribution in [0.5, 0.6) is 17.2 Å². The number of piperidine rings is 1. The number of carbonyl (C=O) groups excluding carboxylic acids is 2. The maximum Gasteiger partial charge on any atom is 0.220 e. The third-order valence-electron chi connectivity index (χ3n) is 7.41. The lowest BCUT2D eigenvalue weighted by Gasteiger charge is -2.32. The van der Waals surface area contributed by atoms with Gasteiger partial charge in [0.15, 0.2) is 17.3 Å². The van der Waals surface area contributed by atoms with Crippen molar-refractivity contribution >= 4 is 11.7 Å². The van der Waals surface area contributed by atoms with Crippen LogP contribution in [0.2, 0.25) is 0 Å². The quantitative estimate of drug-likeness (QED) is 0.230. The summed E-state index contributed by atoms with van der Waals surface area (Å²) in [6, 6.07) is 13.2. The molecule has 2 aliphatic rings. The van der Waals surface area contributed by atoms with Crippen molar-refractivity contribution in [1.29, 1.82) is 0 Å². The van der Waals surface area contributed by atoms with Crippen LogP contribution in [0.4, 0.5) is 4.39 Å². The normalized spacial score (nSPS) is 16.4. The summed E-state index contributed by atoms with van der Waals surface area (Å²) in [5.41, 5.74) is 1.76. The Hall–Kier alpha value is -3.13. The van der Waals surface area contributed by atoms with E-state index in [2.05, 4.69) is 17.1 Å². The fourth-order valence-corrected chi connectivity index (χ4v) is 5.21. The Balaban J connectivity index is 1.22. The Morgan fingerprint density at radius 2 is 1.73 bits per heavy atom. The van der Waals surface area contributed by atoms with Gasteiger partial charge in [0.2, 0.25) is 5.91 Å². The van der Waals surface area contributed by atoms with Gasteiger partial charge < -0.3 is 24.4 Å². The summed E-state index contributed by atoms with van der Waals surface area (Å²) in [6.45, 7) is 5.89. The second kappa shape index (κ2) is 15.6. The monoisotopic (exact) mass is 554 g/mol. The van der Waals surface area contributed by atoms with Crippen LogP contribution in [0, 0.1) is 0 Å². The first kappa shape index (κ1) is 29.8. The summed E-state index contributed by atoms with van der Waals surface area (Å²) < 4.78 is 30.6. The maximum absolute atomic E-state index is 13.7. The number of ether oxygens (including phenoxy) is 3. The molecule has 8 heteroatoms. The number of hydrogen-bond acceptors (Lipinski definition) is 6. The third-order valence-corrected chi connectivity index (χ3v) is 7.41. The van der Waals surface area contributed by atoms with E-state index in [1.165, 1.54) is 0 Å². The van der Waals surface area contributed by atoms with E-state index in [0.29, 0.717) is 77.1 Å². The Labute approximate surface area is 237 Å². The lowest BCUT2D eigenvalue weighted by molar-refractivity contribution is -0.122. The van der Waals surface area contributed by atoms with Crippen molar-refractivity contribution in [3.8, 4) is 17.2 Å². The average Bonchev–Trinajstić information content (AvgIpc) is 2.97. The molecule has 0 aliphatic carbocycles. The largest absolute Gasteiger partial charge is 0.494 e. The smallest absolute Gasteiger partial charge is 0.220 e. The van der Waals surface area contributed by atoms with Gasteiger partial charge in [-0.25, -0.2) is 4.39 Å². The zero-order chi connectivity index (χ0) is 28.2. The van der Waals surface area contributed by atoms with E-state index in [4.69, 9.17) is 14.2 Å². The van der Waals surface area contributed by atoms with Crippen molar-refractivity contribution < 1.29 is 28.2 Å². The average molecular weight is 555 g/mol. The van der Waals surface area contributed by atoms with E-state index in [-0.39, 0.29) is 17.7 Å². The summed E-state index contributed by atoms with van der Waals surface area (Å²) in [7, 11) is 0. The van der Waals surface area contributed by atoms with E-state index >= 15 is 0 Å². The van der Waals surface area contributed by atoms with Crippen LogP contribution in [0.15, 0.2) is 42.5 Å². The molecule has 1 fully saturated rings. The van der Waals surface area contributed by atoms with Crippen LogP contribution in [0.3, 0.4) is 0 Å². The number of carbonyl (C=O) groups is 2. The number of halogens is 1. The molecular weight excluding hydrogens is 511 g/mol. The Morgan fingerprint density at radius 3 is 2.48 bits per heavy atom. The Bertz CT molecular complexity index is 1090. The van der Waals surface area contributed by atoms with Gasteiger partial charge in [-0.3, -0.25) is 9.59 Å². The molecular formula is C32H43FN2O5. The highest BCUT2D eigenvalue weighted by atomic mass is 19.1. The molecule has 218 valence electrons. The zero-order valence-corrected chi connectivity index (χ0v) is 23.7. The fraction of sp³-hybridized carbons (Fsp3) is 0.562. The standard InChI is InChI=1S/C32H43FN2O5/c1-2-18-38-28-11-9-25(10-12-28)29(36)6-4-3-5-7-32(37)34-27(23-35-16-14-26(33)15-17-35)21-24-8-13-30-31(22-24)40-20-19-39-30/h8-13,22,26-27H,2-7,14-21,23H2,1H3,(H,34,37)/t27-/m0/s1. The molecule has 2 aromatic carbocycles. The minimum Gasteiger partial charge on any atom is -0.494 e. The number of rotatable bonds is 15. The van der Waals surface area contributed by atoms with E-state index < -0.39 is 6.17 Å². The highest BCUT2D eigenvalue weighted by Crippen LogP contribution is 2.31. The van der Waals surface area contributed by atoms with Crippen LogP contribution >= 0.6 is 0 Å².